The van der Waals surface area contributed by atoms with E-state index >= 15 is 0 Å². The first-order chi connectivity index (χ1) is 10.3. The summed E-state index contributed by atoms with van der Waals surface area (Å²) in [6.45, 7) is 0. The molecule has 0 atom stereocenters. The summed E-state index contributed by atoms with van der Waals surface area (Å²) in [7, 11) is 0. The zero-order valence-electron chi connectivity index (χ0n) is 10.9. The summed E-state index contributed by atoms with van der Waals surface area (Å²) in [5.74, 6) is 1.52. The van der Waals surface area contributed by atoms with E-state index in [4.69, 9.17) is 27.9 Å². The first-order valence-corrected chi connectivity index (χ1v) is 7.36. The van der Waals surface area contributed by atoms with Crippen LogP contribution in [0.2, 0.25) is 10.0 Å². The quantitative estimate of drug-likeness (QED) is 0.388. The van der Waals surface area contributed by atoms with E-state index in [2.05, 4.69) is 0 Å². The minimum absolute atomic E-state index is 0.491. The summed E-state index contributed by atoms with van der Waals surface area (Å²) in [5, 5.41) is 1.03. The lowest BCUT2D eigenvalue weighted by molar-refractivity contribution is 0.651. The van der Waals surface area contributed by atoms with Gasteiger partial charge in [0, 0.05) is 11.1 Å². The number of hydrogen-bond donors (Lipinski definition) is 0. The monoisotopic (exact) mass is 312 g/mol. The lowest BCUT2D eigenvalue weighted by Gasteiger charge is -2.11. The average molecular weight is 313 g/mol. The summed E-state index contributed by atoms with van der Waals surface area (Å²) in [5.41, 5.74) is 4.03. The zero-order chi connectivity index (χ0) is 14.4. The highest BCUT2D eigenvalue weighted by molar-refractivity contribution is 6.46. The molecular weight excluding hydrogens is 303 g/mol. The second-order valence-electron chi connectivity index (χ2n) is 4.87. The van der Waals surface area contributed by atoms with E-state index in [1.54, 1.807) is 0 Å². The molecule has 102 valence electrons. The number of halogens is 2. The maximum atomic E-state index is 6.51. The van der Waals surface area contributed by atoms with Crippen LogP contribution in [0.4, 0.5) is 0 Å². The topological polar surface area (TPSA) is 12.5 Å². The average Bonchev–Trinajstić information content (AvgIpc) is 3.33. The van der Waals surface area contributed by atoms with Crippen LogP contribution < -0.4 is 4.74 Å². The van der Waals surface area contributed by atoms with Gasteiger partial charge >= 0.3 is 0 Å². The Hall–Kier alpha value is -1.96. The third-order valence-electron chi connectivity index (χ3n) is 3.58. The molecule has 21 heavy (non-hydrogen) atoms. The van der Waals surface area contributed by atoms with Gasteiger partial charge in [0.15, 0.2) is 11.5 Å². The van der Waals surface area contributed by atoms with Crippen LogP contribution in [0.3, 0.4) is 0 Å². The SMILES string of the molecule is Clc1c(Cl)c(-c2ccccc2)c(-c2ccccc2)c2c1O2. The molecule has 0 saturated carbocycles. The van der Waals surface area contributed by atoms with E-state index < -0.39 is 0 Å². The smallest absolute Gasteiger partial charge is 0.190 e. The second-order valence-corrected chi connectivity index (χ2v) is 5.63. The number of fused-ring (bicyclic) bond motifs is 1. The summed E-state index contributed by atoms with van der Waals surface area (Å²) in [4.78, 5) is 0. The summed E-state index contributed by atoms with van der Waals surface area (Å²) >= 11 is 12.8. The van der Waals surface area contributed by atoms with Crippen molar-refractivity contribution in [2.45, 2.75) is 0 Å². The van der Waals surface area contributed by atoms with Crippen LogP contribution in [-0.4, -0.2) is 0 Å². The van der Waals surface area contributed by atoms with Gasteiger partial charge in [-0.2, -0.15) is 0 Å². The fraction of sp³-hybridized carbons (Fsp3) is 0. The molecule has 1 aliphatic heterocycles. The van der Waals surface area contributed by atoms with Crippen LogP contribution in [0.5, 0.6) is 11.5 Å². The molecule has 0 spiro atoms. The van der Waals surface area contributed by atoms with E-state index in [1.807, 2.05) is 60.7 Å². The fourth-order valence-electron chi connectivity index (χ4n) is 2.57. The highest BCUT2D eigenvalue weighted by atomic mass is 35.5. The molecule has 0 saturated heterocycles. The van der Waals surface area contributed by atoms with Crippen LogP contribution in [0.25, 0.3) is 22.3 Å². The van der Waals surface area contributed by atoms with Gasteiger partial charge in [0.05, 0.1) is 5.02 Å². The third kappa shape index (κ3) is 2.01. The van der Waals surface area contributed by atoms with Gasteiger partial charge in [-0.25, -0.2) is 0 Å². The Morgan fingerprint density at radius 3 is 1.67 bits per heavy atom. The number of hydrogen-bond acceptors (Lipinski definition) is 1. The van der Waals surface area contributed by atoms with Crippen LogP contribution >= 0.6 is 23.2 Å². The van der Waals surface area contributed by atoms with Gasteiger partial charge in [-0.05, 0) is 11.1 Å². The van der Waals surface area contributed by atoms with Gasteiger partial charge in [0.1, 0.15) is 5.02 Å². The van der Waals surface area contributed by atoms with Crippen molar-refractivity contribution in [2.24, 2.45) is 0 Å². The van der Waals surface area contributed by atoms with Crippen molar-refractivity contribution in [3.63, 3.8) is 0 Å². The lowest BCUT2D eigenvalue weighted by atomic mass is 9.94. The second kappa shape index (κ2) is 4.80. The fourth-order valence-corrected chi connectivity index (χ4v) is 3.08. The van der Waals surface area contributed by atoms with E-state index in [1.165, 1.54) is 0 Å². The standard InChI is InChI=1S/C18H10Cl2O/c19-15-13(11-7-3-1-4-8-11)14(12-9-5-2-6-10-12)17-18(21-17)16(15)20/h1-10H. The Morgan fingerprint density at radius 2 is 1.10 bits per heavy atom. The van der Waals surface area contributed by atoms with Crippen molar-refractivity contribution in [1.29, 1.82) is 0 Å². The summed E-state index contributed by atoms with van der Waals surface area (Å²) in [6.07, 6.45) is 0. The minimum atomic E-state index is 0.491. The number of ether oxygens (including phenoxy) is 1. The largest absolute Gasteiger partial charge is 0.447 e. The zero-order valence-corrected chi connectivity index (χ0v) is 12.4. The van der Waals surface area contributed by atoms with E-state index in [9.17, 15) is 0 Å². The van der Waals surface area contributed by atoms with E-state index in [0.717, 1.165) is 28.0 Å². The van der Waals surface area contributed by atoms with Gasteiger partial charge in [-0.3, -0.25) is 0 Å². The molecule has 3 heteroatoms. The predicted molar refractivity (Wildman–Crippen MR) is 87.4 cm³/mol. The summed E-state index contributed by atoms with van der Waals surface area (Å²) < 4.78 is 5.58. The molecule has 0 aromatic heterocycles. The molecule has 3 aromatic rings. The molecule has 4 rings (SSSR count). The maximum Gasteiger partial charge on any atom is 0.190 e. The molecule has 0 aliphatic carbocycles. The Bertz CT molecular complexity index is 827. The van der Waals surface area contributed by atoms with Crippen LogP contribution in [0, 0.1) is 0 Å². The molecule has 0 fully saturated rings. The lowest BCUT2D eigenvalue weighted by Crippen LogP contribution is -1.85. The van der Waals surface area contributed by atoms with Crippen LogP contribution in [0.1, 0.15) is 0 Å². The molecule has 0 amide bonds. The minimum Gasteiger partial charge on any atom is -0.447 e. The van der Waals surface area contributed by atoms with Crippen molar-refractivity contribution >= 4 is 23.2 Å². The van der Waals surface area contributed by atoms with Gasteiger partial charge < -0.3 is 4.74 Å². The van der Waals surface area contributed by atoms with Crippen molar-refractivity contribution in [1.82, 2.24) is 0 Å². The highest BCUT2D eigenvalue weighted by Gasteiger charge is 2.35. The Labute approximate surface area is 132 Å². The molecule has 0 unspecified atom stereocenters. The summed E-state index contributed by atoms with van der Waals surface area (Å²) in [6, 6.07) is 20.1. The molecule has 0 bridgehead atoms. The molecule has 3 aromatic carbocycles. The van der Waals surface area contributed by atoms with Gasteiger partial charge in [-0.1, -0.05) is 83.9 Å². The van der Waals surface area contributed by atoms with Crippen LogP contribution in [-0.2, 0) is 0 Å². The van der Waals surface area contributed by atoms with Gasteiger partial charge in [0.2, 0.25) is 0 Å². The van der Waals surface area contributed by atoms with Crippen LogP contribution in [0.15, 0.2) is 60.7 Å². The normalized spacial score (nSPS) is 11.7. The molecule has 1 aliphatic rings. The third-order valence-corrected chi connectivity index (χ3v) is 4.42. The Balaban J connectivity index is 2.06. The highest BCUT2D eigenvalue weighted by Crippen LogP contribution is 2.62. The number of rotatable bonds is 2. The Kier molecular flexibility index (Phi) is 2.91. The van der Waals surface area contributed by atoms with Crippen molar-refractivity contribution in [3.05, 3.63) is 70.7 Å². The van der Waals surface area contributed by atoms with E-state index in [0.29, 0.717) is 15.8 Å². The Morgan fingerprint density at radius 1 is 0.571 bits per heavy atom. The molecule has 1 nitrogen and oxygen atoms in total. The number of benzene rings is 3. The van der Waals surface area contributed by atoms with Gasteiger partial charge in [0.25, 0.3) is 0 Å². The maximum absolute atomic E-state index is 6.51. The van der Waals surface area contributed by atoms with Gasteiger partial charge in [-0.15, -0.1) is 0 Å². The molecule has 0 N–H and O–H groups in total. The molecular formula is C18H10Cl2O. The van der Waals surface area contributed by atoms with Crippen molar-refractivity contribution in [2.75, 3.05) is 0 Å². The van der Waals surface area contributed by atoms with E-state index in [-0.39, 0.29) is 0 Å². The first-order valence-electron chi connectivity index (χ1n) is 6.61. The molecule has 0 radical (unpaired) electrons. The van der Waals surface area contributed by atoms with Crippen molar-refractivity contribution in [3.8, 4) is 33.8 Å². The predicted octanol–water partition coefficient (Wildman–Crippen LogP) is 6.43. The van der Waals surface area contributed by atoms with Crippen molar-refractivity contribution < 1.29 is 4.74 Å². The molecule has 1 heterocycles. The first kappa shape index (κ1) is 12.8.